The molecule has 0 aliphatic heterocycles. The first-order chi connectivity index (χ1) is 14.7. The highest BCUT2D eigenvalue weighted by Crippen LogP contribution is 2.15. The molecule has 0 heterocycles. The Hall–Kier alpha value is -3.22. The van der Waals surface area contributed by atoms with Gasteiger partial charge in [-0.05, 0) is 43.7 Å². The van der Waals surface area contributed by atoms with Crippen LogP contribution in [0.15, 0.2) is 53.4 Å². The maximum atomic E-state index is 12.7. The second-order valence-corrected chi connectivity index (χ2v) is 9.00. The van der Waals surface area contributed by atoms with E-state index in [1.807, 2.05) is 13.0 Å². The van der Waals surface area contributed by atoms with Crippen LogP contribution in [0.1, 0.15) is 23.6 Å². The highest BCUT2D eigenvalue weighted by atomic mass is 32.2. The van der Waals surface area contributed by atoms with Crippen molar-refractivity contribution in [3.8, 4) is 6.07 Å². The number of rotatable bonds is 9. The number of esters is 1. The van der Waals surface area contributed by atoms with Crippen molar-refractivity contribution < 1.29 is 22.7 Å². The maximum Gasteiger partial charge on any atom is 0.328 e. The minimum atomic E-state index is -3.86. The van der Waals surface area contributed by atoms with Crippen molar-refractivity contribution >= 4 is 21.9 Å². The molecular weight excluding hydrogens is 418 g/mol. The third kappa shape index (κ3) is 6.64. The SMILES string of the molecule is CCOC(=O)C(Cc1ccc(C#N)cc1)NC(=O)CN(C)S(=O)(=O)c1ccc(C)cc1. The summed E-state index contributed by atoms with van der Waals surface area (Å²) in [5, 5.41) is 11.5. The van der Waals surface area contributed by atoms with Gasteiger partial charge < -0.3 is 10.1 Å². The quantitative estimate of drug-likeness (QED) is 0.591. The van der Waals surface area contributed by atoms with Gasteiger partial charge in [0, 0.05) is 13.5 Å². The number of carbonyl (C=O) groups is 2. The standard InChI is InChI=1S/C22H25N3O5S/c1-4-30-22(27)20(13-17-7-9-18(14-23)10-8-17)24-21(26)15-25(3)31(28,29)19-11-5-16(2)6-12-19/h5-12,20H,4,13,15H2,1-3H3,(H,24,26). The molecule has 0 aliphatic rings. The molecule has 2 aromatic rings. The van der Waals surface area contributed by atoms with Crippen molar-refractivity contribution in [1.29, 1.82) is 5.26 Å². The lowest BCUT2D eigenvalue weighted by atomic mass is 10.0. The van der Waals surface area contributed by atoms with E-state index in [1.54, 1.807) is 43.3 Å². The van der Waals surface area contributed by atoms with Crippen LogP contribution in [0.2, 0.25) is 0 Å². The van der Waals surface area contributed by atoms with Crippen LogP contribution in [0.3, 0.4) is 0 Å². The summed E-state index contributed by atoms with van der Waals surface area (Å²) in [5.41, 5.74) is 2.11. The molecule has 8 nitrogen and oxygen atoms in total. The lowest BCUT2D eigenvalue weighted by Gasteiger charge is -2.21. The van der Waals surface area contributed by atoms with Gasteiger partial charge in [0.05, 0.1) is 29.7 Å². The molecule has 1 atom stereocenters. The summed E-state index contributed by atoms with van der Waals surface area (Å²) >= 11 is 0. The first kappa shape index (κ1) is 24.1. The largest absolute Gasteiger partial charge is 0.464 e. The summed E-state index contributed by atoms with van der Waals surface area (Å²) in [7, 11) is -2.56. The van der Waals surface area contributed by atoms with E-state index >= 15 is 0 Å². The third-order valence-electron chi connectivity index (χ3n) is 4.52. The highest BCUT2D eigenvalue weighted by Gasteiger charge is 2.27. The highest BCUT2D eigenvalue weighted by molar-refractivity contribution is 7.89. The number of benzene rings is 2. The zero-order valence-corrected chi connectivity index (χ0v) is 18.5. The van der Waals surface area contributed by atoms with E-state index in [2.05, 4.69) is 5.32 Å². The van der Waals surface area contributed by atoms with Crippen LogP contribution >= 0.6 is 0 Å². The van der Waals surface area contributed by atoms with Crippen molar-refractivity contribution in [3.63, 3.8) is 0 Å². The van der Waals surface area contributed by atoms with Gasteiger partial charge in [0.1, 0.15) is 6.04 Å². The molecule has 0 bridgehead atoms. The lowest BCUT2D eigenvalue weighted by Crippen LogP contribution is -2.47. The molecule has 0 saturated heterocycles. The fourth-order valence-corrected chi connectivity index (χ4v) is 3.93. The molecule has 1 unspecified atom stereocenters. The summed E-state index contributed by atoms with van der Waals surface area (Å²) in [6, 6.07) is 13.9. The molecule has 0 aliphatic carbocycles. The summed E-state index contributed by atoms with van der Waals surface area (Å²) in [5.74, 6) is -1.26. The topological polar surface area (TPSA) is 117 Å². The van der Waals surface area contributed by atoms with E-state index in [0.29, 0.717) is 5.56 Å². The molecular formula is C22H25N3O5S. The summed E-state index contributed by atoms with van der Waals surface area (Å²) in [6.07, 6.45) is 0.144. The number of carbonyl (C=O) groups excluding carboxylic acids is 2. The van der Waals surface area contributed by atoms with Gasteiger partial charge in [0.2, 0.25) is 15.9 Å². The molecule has 2 rings (SSSR count). The maximum absolute atomic E-state index is 12.7. The monoisotopic (exact) mass is 443 g/mol. The van der Waals surface area contributed by atoms with Crippen LogP contribution in [0.25, 0.3) is 0 Å². The van der Waals surface area contributed by atoms with Gasteiger partial charge >= 0.3 is 5.97 Å². The Morgan fingerprint density at radius 1 is 1.13 bits per heavy atom. The first-order valence-electron chi connectivity index (χ1n) is 9.65. The molecule has 0 fully saturated rings. The number of hydrogen-bond donors (Lipinski definition) is 1. The number of nitriles is 1. The van der Waals surface area contributed by atoms with Gasteiger partial charge in [-0.3, -0.25) is 4.79 Å². The van der Waals surface area contributed by atoms with Gasteiger partial charge in [0.25, 0.3) is 0 Å². The molecule has 0 saturated carbocycles. The van der Waals surface area contributed by atoms with E-state index in [1.165, 1.54) is 19.2 Å². The molecule has 1 N–H and O–H groups in total. The Bertz CT molecular complexity index is 1060. The van der Waals surface area contributed by atoms with E-state index < -0.39 is 34.5 Å². The van der Waals surface area contributed by atoms with Gasteiger partial charge in [-0.2, -0.15) is 9.57 Å². The van der Waals surface area contributed by atoms with Gasteiger partial charge in [0.15, 0.2) is 0 Å². The summed E-state index contributed by atoms with van der Waals surface area (Å²) in [6.45, 7) is 3.18. The van der Waals surface area contributed by atoms with Crippen LogP contribution < -0.4 is 5.32 Å². The van der Waals surface area contributed by atoms with Gasteiger partial charge in [-0.1, -0.05) is 29.8 Å². The number of ether oxygens (including phenoxy) is 1. The van der Waals surface area contributed by atoms with E-state index in [-0.39, 0.29) is 17.9 Å². The number of likely N-dealkylation sites (N-methyl/N-ethyl adjacent to an activating group) is 1. The Morgan fingerprint density at radius 2 is 1.74 bits per heavy atom. The van der Waals surface area contributed by atoms with Crippen molar-refractivity contribution in [2.75, 3.05) is 20.2 Å². The number of nitrogens with zero attached hydrogens (tertiary/aromatic N) is 2. The fourth-order valence-electron chi connectivity index (χ4n) is 2.80. The van der Waals surface area contributed by atoms with Gasteiger partial charge in [-0.25, -0.2) is 13.2 Å². The zero-order chi connectivity index (χ0) is 23.0. The van der Waals surface area contributed by atoms with Crippen molar-refractivity contribution in [2.24, 2.45) is 0 Å². The van der Waals surface area contributed by atoms with Crippen LogP contribution in [-0.2, 0) is 30.8 Å². The van der Waals surface area contributed by atoms with Crippen LogP contribution in [0, 0.1) is 18.3 Å². The minimum absolute atomic E-state index is 0.0768. The smallest absolute Gasteiger partial charge is 0.328 e. The van der Waals surface area contributed by atoms with Gasteiger partial charge in [-0.15, -0.1) is 0 Å². The number of sulfonamides is 1. The molecule has 0 spiro atoms. The Labute approximate surface area is 182 Å². The van der Waals surface area contributed by atoms with E-state index in [9.17, 15) is 18.0 Å². The minimum Gasteiger partial charge on any atom is -0.464 e. The molecule has 2 aromatic carbocycles. The van der Waals surface area contributed by atoms with Crippen molar-refractivity contribution in [2.45, 2.75) is 31.2 Å². The number of nitrogens with one attached hydrogen (secondary N) is 1. The van der Waals surface area contributed by atoms with Crippen LogP contribution in [0.4, 0.5) is 0 Å². The van der Waals surface area contributed by atoms with Crippen LogP contribution in [-0.4, -0.2) is 50.8 Å². The Kier molecular flexibility index (Phi) is 8.30. The van der Waals surface area contributed by atoms with Crippen molar-refractivity contribution in [1.82, 2.24) is 9.62 Å². The predicted octanol–water partition coefficient (Wildman–Crippen LogP) is 1.78. The van der Waals surface area contributed by atoms with Crippen molar-refractivity contribution in [3.05, 3.63) is 65.2 Å². The zero-order valence-electron chi connectivity index (χ0n) is 17.7. The lowest BCUT2D eigenvalue weighted by molar-refractivity contribution is -0.147. The Balaban J connectivity index is 2.10. The molecule has 9 heteroatoms. The fraction of sp³-hybridized carbons (Fsp3) is 0.318. The molecule has 0 aromatic heterocycles. The molecule has 0 radical (unpaired) electrons. The third-order valence-corrected chi connectivity index (χ3v) is 6.34. The second-order valence-electron chi connectivity index (χ2n) is 6.96. The second kappa shape index (κ2) is 10.7. The predicted molar refractivity (Wildman–Crippen MR) is 114 cm³/mol. The normalized spacial score (nSPS) is 12.1. The molecule has 1 amide bonds. The average Bonchev–Trinajstić information content (AvgIpc) is 2.74. The van der Waals surface area contributed by atoms with Crippen LogP contribution in [0.5, 0.6) is 0 Å². The molecule has 31 heavy (non-hydrogen) atoms. The molecule has 164 valence electrons. The average molecular weight is 444 g/mol. The number of amides is 1. The van der Waals surface area contributed by atoms with E-state index in [4.69, 9.17) is 10.00 Å². The number of aryl methyl sites for hydroxylation is 1. The Morgan fingerprint density at radius 3 is 2.29 bits per heavy atom. The first-order valence-corrected chi connectivity index (χ1v) is 11.1. The van der Waals surface area contributed by atoms with E-state index in [0.717, 1.165) is 15.4 Å². The number of hydrogen-bond acceptors (Lipinski definition) is 6. The summed E-state index contributed by atoms with van der Waals surface area (Å²) in [4.78, 5) is 24.9. The summed E-state index contributed by atoms with van der Waals surface area (Å²) < 4.78 is 31.3.